The van der Waals surface area contributed by atoms with E-state index in [-0.39, 0.29) is 18.1 Å². The molecule has 3 aromatic carbocycles. The maximum absolute atomic E-state index is 12.8. The zero-order chi connectivity index (χ0) is 36.2. The Kier molecular flexibility index (Phi) is 13.4. The van der Waals surface area contributed by atoms with E-state index < -0.39 is 11.7 Å². The van der Waals surface area contributed by atoms with E-state index in [2.05, 4.69) is 33.7 Å². The number of para-hydroxylation sites is 1. The maximum Gasteiger partial charge on any atom is 0.411 e. The molecule has 10 nitrogen and oxygen atoms in total. The van der Waals surface area contributed by atoms with Crippen LogP contribution in [0.2, 0.25) is 0 Å². The SMILES string of the molecule is CN(CCN1CCC(OC(=O)Nc2ccccc2-c2ccccc2)CC1)C(=O)CCCCCNc1ccc2c(c1)CCN(C(=O)OC(C)(C)C)C2. The minimum atomic E-state index is -0.495. The number of likely N-dealkylation sites (N-methyl/N-ethyl adjacent to an activating group) is 1. The van der Waals surface area contributed by atoms with Gasteiger partial charge < -0.3 is 29.5 Å². The third kappa shape index (κ3) is 11.7. The van der Waals surface area contributed by atoms with E-state index in [0.29, 0.717) is 26.1 Å². The van der Waals surface area contributed by atoms with Crippen molar-refractivity contribution < 1.29 is 23.9 Å². The molecule has 10 heteroatoms. The fourth-order valence-electron chi connectivity index (χ4n) is 6.57. The predicted octanol–water partition coefficient (Wildman–Crippen LogP) is 7.79. The lowest BCUT2D eigenvalue weighted by Gasteiger charge is -2.32. The van der Waals surface area contributed by atoms with Crippen molar-refractivity contribution in [2.24, 2.45) is 0 Å². The van der Waals surface area contributed by atoms with Crippen molar-refractivity contribution in [3.8, 4) is 11.1 Å². The Hall–Kier alpha value is -4.57. The molecule has 0 bridgehead atoms. The monoisotopic (exact) mass is 697 g/mol. The van der Waals surface area contributed by atoms with Crippen molar-refractivity contribution >= 4 is 29.5 Å². The number of benzene rings is 3. The first-order chi connectivity index (χ1) is 24.5. The molecule has 0 unspecified atom stereocenters. The third-order valence-electron chi connectivity index (χ3n) is 9.50. The fourth-order valence-corrected chi connectivity index (χ4v) is 6.57. The van der Waals surface area contributed by atoms with Crippen LogP contribution in [0.25, 0.3) is 11.1 Å². The number of nitrogens with zero attached hydrogens (tertiary/aromatic N) is 3. The zero-order valence-electron chi connectivity index (χ0n) is 30.8. The zero-order valence-corrected chi connectivity index (χ0v) is 30.8. The van der Waals surface area contributed by atoms with E-state index in [1.165, 1.54) is 11.1 Å². The first-order valence-corrected chi connectivity index (χ1v) is 18.5. The highest BCUT2D eigenvalue weighted by Crippen LogP contribution is 2.28. The highest BCUT2D eigenvalue weighted by molar-refractivity contribution is 5.91. The van der Waals surface area contributed by atoms with Crippen molar-refractivity contribution in [3.05, 3.63) is 83.9 Å². The Bertz CT molecular complexity index is 1600. The van der Waals surface area contributed by atoms with Gasteiger partial charge in [-0.15, -0.1) is 0 Å². The van der Waals surface area contributed by atoms with Crippen molar-refractivity contribution in [1.82, 2.24) is 14.7 Å². The molecule has 1 saturated heterocycles. The second-order valence-corrected chi connectivity index (χ2v) is 14.7. The maximum atomic E-state index is 12.8. The number of fused-ring (bicyclic) bond motifs is 1. The molecule has 5 rings (SSSR count). The van der Waals surface area contributed by atoms with Gasteiger partial charge in [0.25, 0.3) is 0 Å². The van der Waals surface area contributed by atoms with Gasteiger partial charge in [-0.25, -0.2) is 9.59 Å². The molecule has 51 heavy (non-hydrogen) atoms. The molecule has 1 fully saturated rings. The van der Waals surface area contributed by atoms with Crippen LogP contribution in [-0.4, -0.2) is 90.8 Å². The summed E-state index contributed by atoms with van der Waals surface area (Å²) in [6.07, 6.45) is 4.97. The van der Waals surface area contributed by atoms with E-state index in [0.717, 1.165) is 87.2 Å². The quantitative estimate of drug-likeness (QED) is 0.176. The van der Waals surface area contributed by atoms with Gasteiger partial charge in [0.1, 0.15) is 11.7 Å². The lowest BCUT2D eigenvalue weighted by molar-refractivity contribution is -0.130. The van der Waals surface area contributed by atoms with Crippen LogP contribution in [-0.2, 0) is 27.2 Å². The molecule has 0 radical (unpaired) electrons. The molecule has 2 N–H and O–H groups in total. The van der Waals surface area contributed by atoms with E-state index in [9.17, 15) is 14.4 Å². The molecule has 0 saturated carbocycles. The predicted molar refractivity (Wildman–Crippen MR) is 203 cm³/mol. The molecule has 3 aromatic rings. The molecule has 0 spiro atoms. The number of anilines is 2. The van der Waals surface area contributed by atoms with Crippen LogP contribution in [0.4, 0.5) is 21.0 Å². The molecule has 2 aliphatic heterocycles. The number of piperidine rings is 1. The average Bonchev–Trinajstić information content (AvgIpc) is 3.12. The highest BCUT2D eigenvalue weighted by Gasteiger charge is 2.26. The second-order valence-electron chi connectivity index (χ2n) is 14.7. The lowest BCUT2D eigenvalue weighted by Crippen LogP contribution is -2.42. The molecular formula is C41H55N5O5. The van der Waals surface area contributed by atoms with Gasteiger partial charge in [0.2, 0.25) is 5.91 Å². The number of hydrogen-bond donors (Lipinski definition) is 2. The number of rotatable bonds is 13. The molecule has 0 atom stereocenters. The Morgan fingerprint density at radius 1 is 0.882 bits per heavy atom. The number of ether oxygens (including phenoxy) is 2. The molecule has 2 aliphatic rings. The first kappa shape index (κ1) is 37.7. The smallest absolute Gasteiger partial charge is 0.411 e. The number of hydrogen-bond acceptors (Lipinski definition) is 7. The van der Waals surface area contributed by atoms with Gasteiger partial charge in [-0.05, 0) is 87.8 Å². The molecule has 2 heterocycles. The van der Waals surface area contributed by atoms with Crippen LogP contribution < -0.4 is 10.6 Å². The van der Waals surface area contributed by atoms with E-state index in [1.54, 1.807) is 4.90 Å². The van der Waals surface area contributed by atoms with Gasteiger partial charge >= 0.3 is 12.2 Å². The Balaban J connectivity index is 0.915. The van der Waals surface area contributed by atoms with Gasteiger partial charge in [-0.2, -0.15) is 0 Å². The Labute approximate surface area is 303 Å². The van der Waals surface area contributed by atoms with Gasteiger partial charge in [0.15, 0.2) is 0 Å². The topological polar surface area (TPSA) is 103 Å². The van der Waals surface area contributed by atoms with Crippen LogP contribution >= 0.6 is 0 Å². The summed E-state index contributed by atoms with van der Waals surface area (Å²) >= 11 is 0. The minimum Gasteiger partial charge on any atom is -0.446 e. The molecule has 0 aliphatic carbocycles. The molecule has 274 valence electrons. The van der Waals surface area contributed by atoms with E-state index >= 15 is 0 Å². The van der Waals surface area contributed by atoms with Crippen molar-refractivity contribution in [2.75, 3.05) is 56.9 Å². The summed E-state index contributed by atoms with van der Waals surface area (Å²) < 4.78 is 11.3. The van der Waals surface area contributed by atoms with E-state index in [1.807, 2.05) is 87.3 Å². The summed E-state index contributed by atoms with van der Waals surface area (Å²) in [5, 5.41) is 6.46. The summed E-state index contributed by atoms with van der Waals surface area (Å²) in [7, 11) is 1.89. The number of amides is 3. The Morgan fingerprint density at radius 2 is 1.63 bits per heavy atom. The van der Waals surface area contributed by atoms with Crippen LogP contribution in [0.5, 0.6) is 0 Å². The van der Waals surface area contributed by atoms with Crippen molar-refractivity contribution in [2.45, 2.75) is 84.0 Å². The van der Waals surface area contributed by atoms with Crippen LogP contribution in [0.3, 0.4) is 0 Å². The third-order valence-corrected chi connectivity index (χ3v) is 9.50. The number of likely N-dealkylation sites (tertiary alicyclic amines) is 1. The summed E-state index contributed by atoms with van der Waals surface area (Å²) in [4.78, 5) is 43.9. The summed E-state index contributed by atoms with van der Waals surface area (Å²) in [5.41, 5.74) is 5.77. The highest BCUT2D eigenvalue weighted by atomic mass is 16.6. The normalized spacial score (nSPS) is 15.1. The minimum absolute atomic E-state index is 0.122. The van der Waals surface area contributed by atoms with Crippen LogP contribution in [0.1, 0.15) is 70.4 Å². The summed E-state index contributed by atoms with van der Waals surface area (Å²) in [6, 6.07) is 24.1. The van der Waals surface area contributed by atoms with Gasteiger partial charge in [0, 0.05) is 70.5 Å². The Morgan fingerprint density at radius 3 is 2.39 bits per heavy atom. The van der Waals surface area contributed by atoms with Crippen molar-refractivity contribution in [1.29, 1.82) is 0 Å². The van der Waals surface area contributed by atoms with Crippen LogP contribution in [0, 0.1) is 0 Å². The van der Waals surface area contributed by atoms with Gasteiger partial charge in [-0.3, -0.25) is 10.1 Å². The molecular weight excluding hydrogens is 642 g/mol. The lowest BCUT2D eigenvalue weighted by atomic mass is 9.99. The number of carbonyl (C=O) groups excluding carboxylic acids is 3. The largest absolute Gasteiger partial charge is 0.446 e. The van der Waals surface area contributed by atoms with Gasteiger partial charge in [0.05, 0.1) is 5.69 Å². The number of unbranched alkanes of at least 4 members (excludes halogenated alkanes) is 2. The summed E-state index contributed by atoms with van der Waals surface area (Å²) in [5.74, 6) is 0.184. The van der Waals surface area contributed by atoms with Crippen molar-refractivity contribution in [3.63, 3.8) is 0 Å². The number of carbonyl (C=O) groups is 3. The number of nitrogens with one attached hydrogen (secondary N) is 2. The molecule has 3 amide bonds. The standard InChI is InChI=1S/C41H55N5O5/c1-41(2,3)51-40(49)46-26-20-32-29-34(19-18-33(32)30-46)42-23-12-6-9-17-38(47)44(4)27-28-45-24-21-35(22-25-45)50-39(48)43-37-16-11-10-15-36(37)31-13-7-5-8-14-31/h5,7-8,10-11,13-16,18-19,29,35,42H,6,9,12,17,20-28,30H2,1-4H3,(H,43,48). The van der Waals surface area contributed by atoms with Gasteiger partial charge in [-0.1, -0.05) is 61.0 Å². The average molecular weight is 698 g/mol. The molecule has 0 aromatic heterocycles. The van der Waals surface area contributed by atoms with Crippen LogP contribution in [0.15, 0.2) is 72.8 Å². The van der Waals surface area contributed by atoms with E-state index in [4.69, 9.17) is 9.47 Å². The fraction of sp³-hybridized carbons (Fsp3) is 0.488. The second kappa shape index (κ2) is 18.1. The first-order valence-electron chi connectivity index (χ1n) is 18.5. The summed E-state index contributed by atoms with van der Waals surface area (Å²) in [6.45, 7) is 10.9.